The van der Waals surface area contributed by atoms with Crippen LogP contribution in [0.25, 0.3) is 0 Å². The van der Waals surface area contributed by atoms with E-state index in [1.807, 2.05) is 0 Å². The zero-order chi connectivity index (χ0) is 13.2. The van der Waals surface area contributed by atoms with Gasteiger partial charge < -0.3 is 10.1 Å². The van der Waals surface area contributed by atoms with Crippen molar-refractivity contribution in [3.05, 3.63) is 0 Å². The van der Waals surface area contributed by atoms with Crippen molar-refractivity contribution in [2.75, 3.05) is 19.7 Å². The van der Waals surface area contributed by atoms with Crippen LogP contribution in [-0.2, 0) is 4.74 Å². The van der Waals surface area contributed by atoms with Crippen LogP contribution in [0.4, 0.5) is 0 Å². The fourth-order valence-corrected chi connectivity index (χ4v) is 3.09. The van der Waals surface area contributed by atoms with Gasteiger partial charge in [-0.15, -0.1) is 0 Å². The Morgan fingerprint density at radius 3 is 2.33 bits per heavy atom. The maximum atomic E-state index is 6.03. The number of nitrogens with one attached hydrogen (secondary N) is 1. The van der Waals surface area contributed by atoms with Crippen molar-refractivity contribution in [1.29, 1.82) is 0 Å². The summed E-state index contributed by atoms with van der Waals surface area (Å²) in [5.74, 6) is 1.72. The van der Waals surface area contributed by atoms with Gasteiger partial charge in [0.15, 0.2) is 0 Å². The van der Waals surface area contributed by atoms with Crippen molar-refractivity contribution < 1.29 is 4.74 Å². The molecule has 18 heavy (non-hydrogen) atoms. The van der Waals surface area contributed by atoms with E-state index in [4.69, 9.17) is 4.74 Å². The summed E-state index contributed by atoms with van der Waals surface area (Å²) in [6, 6.07) is 0. The molecule has 0 radical (unpaired) electrons. The minimum absolute atomic E-state index is 0.543. The molecule has 2 atom stereocenters. The standard InChI is InChI=1S/C16H33NO/c1-4-8-17-9-6-5-7-10-18-16-12-14(2)11-15(3)13-16/h14-17H,4-13H2,1-3H3. The van der Waals surface area contributed by atoms with Crippen LogP contribution in [0, 0.1) is 11.8 Å². The Labute approximate surface area is 114 Å². The first-order valence-corrected chi connectivity index (χ1v) is 8.04. The SMILES string of the molecule is CCCNCCCCCOC1CC(C)CC(C)C1. The molecule has 1 N–H and O–H groups in total. The molecule has 108 valence electrons. The summed E-state index contributed by atoms with van der Waals surface area (Å²) in [6.07, 6.45) is 9.55. The van der Waals surface area contributed by atoms with Crippen molar-refractivity contribution in [2.24, 2.45) is 11.8 Å². The number of hydrogen-bond donors (Lipinski definition) is 1. The van der Waals surface area contributed by atoms with Crippen LogP contribution < -0.4 is 5.32 Å². The highest BCUT2D eigenvalue weighted by Crippen LogP contribution is 2.30. The average Bonchev–Trinajstić information content (AvgIpc) is 2.31. The highest BCUT2D eigenvalue weighted by molar-refractivity contribution is 4.75. The van der Waals surface area contributed by atoms with Gasteiger partial charge in [-0.25, -0.2) is 0 Å². The third kappa shape index (κ3) is 7.38. The van der Waals surface area contributed by atoms with Crippen molar-refractivity contribution in [3.8, 4) is 0 Å². The van der Waals surface area contributed by atoms with E-state index in [0.717, 1.165) is 25.0 Å². The molecule has 1 fully saturated rings. The van der Waals surface area contributed by atoms with Crippen LogP contribution >= 0.6 is 0 Å². The molecule has 0 saturated heterocycles. The lowest BCUT2D eigenvalue weighted by molar-refractivity contribution is -0.000574. The predicted octanol–water partition coefficient (Wildman–Crippen LogP) is 4.00. The summed E-state index contributed by atoms with van der Waals surface area (Å²) in [4.78, 5) is 0. The summed E-state index contributed by atoms with van der Waals surface area (Å²) >= 11 is 0. The molecule has 0 aliphatic heterocycles. The quantitative estimate of drug-likeness (QED) is 0.629. The molecule has 1 rings (SSSR count). The van der Waals surface area contributed by atoms with Gasteiger partial charge in [0.25, 0.3) is 0 Å². The van der Waals surface area contributed by atoms with E-state index in [1.165, 1.54) is 51.5 Å². The first kappa shape index (κ1) is 16.0. The largest absolute Gasteiger partial charge is 0.378 e. The molecular formula is C16H33NO. The maximum Gasteiger partial charge on any atom is 0.0580 e. The van der Waals surface area contributed by atoms with Gasteiger partial charge in [0, 0.05) is 6.61 Å². The van der Waals surface area contributed by atoms with Gasteiger partial charge in [0.2, 0.25) is 0 Å². The van der Waals surface area contributed by atoms with Crippen LogP contribution in [0.1, 0.15) is 65.7 Å². The normalized spacial score (nSPS) is 28.5. The molecule has 0 aromatic rings. The zero-order valence-corrected chi connectivity index (χ0v) is 12.7. The Morgan fingerprint density at radius 2 is 1.67 bits per heavy atom. The molecule has 2 unspecified atom stereocenters. The lowest BCUT2D eigenvalue weighted by Gasteiger charge is -2.31. The summed E-state index contributed by atoms with van der Waals surface area (Å²) < 4.78 is 6.03. The van der Waals surface area contributed by atoms with E-state index in [1.54, 1.807) is 0 Å². The van der Waals surface area contributed by atoms with Crippen LogP contribution in [0.15, 0.2) is 0 Å². The van der Waals surface area contributed by atoms with Crippen LogP contribution in [-0.4, -0.2) is 25.8 Å². The van der Waals surface area contributed by atoms with Gasteiger partial charge >= 0.3 is 0 Å². The molecule has 1 aliphatic carbocycles. The Kier molecular flexibility index (Phi) is 8.70. The second-order valence-corrected chi connectivity index (χ2v) is 6.22. The molecule has 0 spiro atoms. The Hall–Kier alpha value is -0.0800. The Morgan fingerprint density at radius 1 is 0.944 bits per heavy atom. The minimum Gasteiger partial charge on any atom is -0.378 e. The Bertz CT molecular complexity index is 186. The smallest absolute Gasteiger partial charge is 0.0580 e. The zero-order valence-electron chi connectivity index (χ0n) is 12.7. The van der Waals surface area contributed by atoms with E-state index < -0.39 is 0 Å². The molecule has 2 nitrogen and oxygen atoms in total. The summed E-state index contributed by atoms with van der Waals surface area (Å²) in [7, 11) is 0. The lowest BCUT2D eigenvalue weighted by Crippen LogP contribution is -2.26. The van der Waals surface area contributed by atoms with Crippen molar-refractivity contribution in [3.63, 3.8) is 0 Å². The van der Waals surface area contributed by atoms with E-state index in [-0.39, 0.29) is 0 Å². The van der Waals surface area contributed by atoms with E-state index in [0.29, 0.717) is 6.10 Å². The van der Waals surface area contributed by atoms with Gasteiger partial charge in [0.05, 0.1) is 6.10 Å². The van der Waals surface area contributed by atoms with Crippen LogP contribution in [0.2, 0.25) is 0 Å². The number of unbranched alkanes of at least 4 members (excludes halogenated alkanes) is 2. The fraction of sp³-hybridized carbons (Fsp3) is 1.00. The van der Waals surface area contributed by atoms with Gasteiger partial charge in [-0.1, -0.05) is 20.8 Å². The minimum atomic E-state index is 0.543. The summed E-state index contributed by atoms with van der Waals surface area (Å²) in [5.41, 5.74) is 0. The lowest BCUT2D eigenvalue weighted by atomic mass is 9.82. The predicted molar refractivity (Wildman–Crippen MR) is 78.9 cm³/mol. The first-order chi connectivity index (χ1) is 8.72. The summed E-state index contributed by atoms with van der Waals surface area (Å²) in [5, 5.41) is 3.45. The highest BCUT2D eigenvalue weighted by atomic mass is 16.5. The first-order valence-electron chi connectivity index (χ1n) is 8.04. The topological polar surface area (TPSA) is 21.3 Å². The third-order valence-electron chi connectivity index (χ3n) is 3.91. The van der Waals surface area contributed by atoms with Crippen LogP contribution in [0.5, 0.6) is 0 Å². The van der Waals surface area contributed by atoms with Crippen molar-refractivity contribution in [1.82, 2.24) is 5.32 Å². The maximum absolute atomic E-state index is 6.03. The highest BCUT2D eigenvalue weighted by Gasteiger charge is 2.23. The second-order valence-electron chi connectivity index (χ2n) is 6.22. The Balaban J connectivity index is 1.91. The molecule has 0 heterocycles. The number of rotatable bonds is 9. The third-order valence-corrected chi connectivity index (χ3v) is 3.91. The van der Waals surface area contributed by atoms with Gasteiger partial charge in [-0.3, -0.25) is 0 Å². The molecule has 0 bridgehead atoms. The van der Waals surface area contributed by atoms with Crippen LogP contribution in [0.3, 0.4) is 0 Å². The van der Waals surface area contributed by atoms with Gasteiger partial charge in [-0.2, -0.15) is 0 Å². The van der Waals surface area contributed by atoms with E-state index in [2.05, 4.69) is 26.1 Å². The van der Waals surface area contributed by atoms with E-state index in [9.17, 15) is 0 Å². The molecule has 1 aliphatic rings. The van der Waals surface area contributed by atoms with Crippen molar-refractivity contribution >= 4 is 0 Å². The van der Waals surface area contributed by atoms with Gasteiger partial charge in [0.1, 0.15) is 0 Å². The van der Waals surface area contributed by atoms with Gasteiger partial charge in [-0.05, 0) is 69.9 Å². The molecule has 0 aromatic carbocycles. The average molecular weight is 255 g/mol. The number of hydrogen-bond acceptors (Lipinski definition) is 2. The summed E-state index contributed by atoms with van der Waals surface area (Å²) in [6.45, 7) is 10.3. The molecule has 1 saturated carbocycles. The second kappa shape index (κ2) is 9.80. The van der Waals surface area contributed by atoms with Crippen molar-refractivity contribution in [2.45, 2.75) is 71.8 Å². The molecular weight excluding hydrogens is 222 g/mol. The molecule has 2 heteroatoms. The molecule has 0 aromatic heterocycles. The molecule has 0 amide bonds. The van der Waals surface area contributed by atoms with E-state index >= 15 is 0 Å². The number of ether oxygens (including phenoxy) is 1. The monoisotopic (exact) mass is 255 g/mol. The fourth-order valence-electron chi connectivity index (χ4n) is 3.09.